The van der Waals surface area contributed by atoms with E-state index in [0.29, 0.717) is 11.4 Å². The Morgan fingerprint density at radius 2 is 1.64 bits per heavy atom. The summed E-state index contributed by atoms with van der Waals surface area (Å²) in [6.07, 6.45) is -0.255. The number of anilines is 2. The topological polar surface area (TPSA) is 137 Å². The first-order valence-electron chi connectivity index (χ1n) is 9.60. The number of methoxy groups -OCH3 is 2. The van der Waals surface area contributed by atoms with Gasteiger partial charge in [0.2, 0.25) is 5.91 Å². The summed E-state index contributed by atoms with van der Waals surface area (Å²) >= 11 is 0. The van der Waals surface area contributed by atoms with Gasteiger partial charge in [0.1, 0.15) is 16.4 Å². The maximum atomic E-state index is 13.0. The highest BCUT2D eigenvalue weighted by Gasteiger charge is 2.22. The molecule has 3 rings (SSSR count). The van der Waals surface area contributed by atoms with Gasteiger partial charge in [-0.05, 0) is 42.5 Å². The number of para-hydroxylation sites is 1. The van der Waals surface area contributed by atoms with Crippen molar-refractivity contribution in [1.82, 2.24) is 0 Å². The molecule has 0 saturated heterocycles. The van der Waals surface area contributed by atoms with Crippen LogP contribution in [0.5, 0.6) is 11.5 Å². The molecule has 0 aliphatic rings. The standard InChI is InChI=1S/C22H21N3O7S/c1-31-18-10-7-16(8-11-18)24-33(29,30)21-14-17(9-12-20(21)32-2)23-22(26)13-15-5-3-4-6-19(15)25(27)28/h3-12,14,24H,13H2,1-2H3,(H,23,26). The average Bonchev–Trinajstić information content (AvgIpc) is 2.79. The maximum Gasteiger partial charge on any atom is 0.273 e. The van der Waals surface area contributed by atoms with E-state index in [0.717, 1.165) is 0 Å². The number of benzene rings is 3. The maximum absolute atomic E-state index is 13.0. The smallest absolute Gasteiger partial charge is 0.273 e. The number of nitro groups is 1. The van der Waals surface area contributed by atoms with Crippen LogP contribution in [0.3, 0.4) is 0 Å². The summed E-state index contributed by atoms with van der Waals surface area (Å²) in [5, 5.41) is 13.7. The summed E-state index contributed by atoms with van der Waals surface area (Å²) in [4.78, 5) is 22.9. The monoisotopic (exact) mass is 471 g/mol. The molecule has 1 amide bonds. The van der Waals surface area contributed by atoms with Crippen molar-refractivity contribution in [2.24, 2.45) is 0 Å². The van der Waals surface area contributed by atoms with Crippen LogP contribution in [0.25, 0.3) is 0 Å². The number of nitro benzene ring substituents is 1. The number of hydrogen-bond acceptors (Lipinski definition) is 7. The molecule has 10 nitrogen and oxygen atoms in total. The molecular weight excluding hydrogens is 450 g/mol. The van der Waals surface area contributed by atoms with Crippen LogP contribution in [0.1, 0.15) is 5.56 Å². The Kier molecular flexibility index (Phi) is 7.13. The van der Waals surface area contributed by atoms with E-state index in [1.54, 1.807) is 30.3 Å². The molecule has 0 saturated carbocycles. The van der Waals surface area contributed by atoms with Gasteiger partial charge >= 0.3 is 0 Å². The van der Waals surface area contributed by atoms with Gasteiger partial charge in [-0.1, -0.05) is 18.2 Å². The lowest BCUT2D eigenvalue weighted by Crippen LogP contribution is -2.17. The molecule has 0 radical (unpaired) electrons. The van der Waals surface area contributed by atoms with Crippen LogP contribution in [0.15, 0.2) is 71.6 Å². The number of ether oxygens (including phenoxy) is 2. The highest BCUT2D eigenvalue weighted by atomic mass is 32.2. The summed E-state index contributed by atoms with van der Waals surface area (Å²) in [6, 6.07) is 16.3. The lowest BCUT2D eigenvalue weighted by Gasteiger charge is -2.14. The molecule has 3 aromatic rings. The molecule has 3 aromatic carbocycles. The average molecular weight is 471 g/mol. The lowest BCUT2D eigenvalue weighted by atomic mass is 10.1. The molecule has 0 aliphatic heterocycles. The second-order valence-electron chi connectivity index (χ2n) is 6.81. The molecule has 0 spiro atoms. The fraction of sp³-hybridized carbons (Fsp3) is 0.136. The largest absolute Gasteiger partial charge is 0.497 e. The van der Waals surface area contributed by atoms with Crippen molar-refractivity contribution in [2.45, 2.75) is 11.3 Å². The second-order valence-corrected chi connectivity index (χ2v) is 8.46. The van der Waals surface area contributed by atoms with Crippen LogP contribution in [0.2, 0.25) is 0 Å². The number of nitrogens with one attached hydrogen (secondary N) is 2. The highest BCUT2D eigenvalue weighted by Crippen LogP contribution is 2.29. The number of amides is 1. The SMILES string of the molecule is COc1ccc(NS(=O)(=O)c2cc(NC(=O)Cc3ccccc3[N+](=O)[O-])ccc2OC)cc1. The predicted molar refractivity (Wildman–Crippen MR) is 122 cm³/mol. The van der Waals surface area contributed by atoms with Crippen molar-refractivity contribution in [3.05, 3.63) is 82.4 Å². The third-order valence-corrected chi connectivity index (χ3v) is 6.02. The molecule has 2 N–H and O–H groups in total. The van der Waals surface area contributed by atoms with E-state index < -0.39 is 20.9 Å². The second kappa shape index (κ2) is 10.0. The Bertz CT molecular complexity index is 1280. The Balaban J connectivity index is 1.82. The molecule has 0 unspecified atom stereocenters. The van der Waals surface area contributed by atoms with Crippen LogP contribution >= 0.6 is 0 Å². The van der Waals surface area contributed by atoms with Gasteiger partial charge in [0, 0.05) is 23.0 Å². The number of carbonyl (C=O) groups excluding carboxylic acids is 1. The van der Waals surface area contributed by atoms with Crippen LogP contribution < -0.4 is 19.5 Å². The molecular formula is C22H21N3O7S. The van der Waals surface area contributed by atoms with Gasteiger partial charge < -0.3 is 14.8 Å². The van der Waals surface area contributed by atoms with Crippen LogP contribution in [0.4, 0.5) is 17.1 Å². The molecule has 11 heteroatoms. The van der Waals surface area contributed by atoms with Gasteiger partial charge in [0.25, 0.3) is 15.7 Å². The van der Waals surface area contributed by atoms with E-state index in [-0.39, 0.29) is 34.0 Å². The van der Waals surface area contributed by atoms with Crippen molar-refractivity contribution in [1.29, 1.82) is 0 Å². The van der Waals surface area contributed by atoms with Crippen molar-refractivity contribution in [3.8, 4) is 11.5 Å². The van der Waals surface area contributed by atoms with Gasteiger partial charge in [-0.15, -0.1) is 0 Å². The highest BCUT2D eigenvalue weighted by molar-refractivity contribution is 7.92. The molecule has 0 aromatic heterocycles. The van der Waals surface area contributed by atoms with Crippen molar-refractivity contribution < 1.29 is 27.6 Å². The zero-order valence-electron chi connectivity index (χ0n) is 17.8. The minimum absolute atomic E-state index is 0.0766. The van der Waals surface area contributed by atoms with Gasteiger partial charge in [-0.25, -0.2) is 8.42 Å². The summed E-state index contributed by atoms with van der Waals surface area (Å²) in [5.41, 5.74) is 0.565. The minimum Gasteiger partial charge on any atom is -0.497 e. The summed E-state index contributed by atoms with van der Waals surface area (Å²) in [6.45, 7) is 0. The fourth-order valence-corrected chi connectivity index (χ4v) is 4.30. The van der Waals surface area contributed by atoms with E-state index in [1.807, 2.05) is 0 Å². The van der Waals surface area contributed by atoms with E-state index in [4.69, 9.17) is 9.47 Å². The quantitative estimate of drug-likeness (QED) is 0.359. The van der Waals surface area contributed by atoms with Gasteiger partial charge in [0.15, 0.2) is 0 Å². The van der Waals surface area contributed by atoms with Gasteiger partial charge in [0.05, 0.1) is 25.6 Å². The number of rotatable bonds is 9. The Morgan fingerprint density at radius 1 is 0.970 bits per heavy atom. The molecule has 33 heavy (non-hydrogen) atoms. The molecule has 172 valence electrons. The third-order valence-electron chi connectivity index (χ3n) is 4.62. The summed E-state index contributed by atoms with van der Waals surface area (Å²) in [5.74, 6) is 0.104. The van der Waals surface area contributed by atoms with Crippen LogP contribution in [-0.2, 0) is 21.2 Å². The summed E-state index contributed by atoms with van der Waals surface area (Å²) in [7, 11) is -1.24. The Hall–Kier alpha value is -4.12. The fourth-order valence-electron chi connectivity index (χ4n) is 3.05. The lowest BCUT2D eigenvalue weighted by molar-refractivity contribution is -0.385. The first kappa shape index (κ1) is 23.5. The van der Waals surface area contributed by atoms with E-state index >= 15 is 0 Å². The van der Waals surface area contributed by atoms with Gasteiger partial charge in [-0.3, -0.25) is 19.6 Å². The number of hydrogen-bond donors (Lipinski definition) is 2. The molecule has 0 heterocycles. The zero-order chi connectivity index (χ0) is 24.0. The Labute approximate surface area is 190 Å². The van der Waals surface area contributed by atoms with Gasteiger partial charge in [-0.2, -0.15) is 0 Å². The number of sulfonamides is 1. The Morgan fingerprint density at radius 3 is 2.27 bits per heavy atom. The minimum atomic E-state index is -4.07. The van der Waals surface area contributed by atoms with E-state index in [1.165, 1.54) is 50.6 Å². The number of carbonyl (C=O) groups is 1. The van der Waals surface area contributed by atoms with Crippen molar-refractivity contribution >= 4 is 33.0 Å². The van der Waals surface area contributed by atoms with E-state index in [9.17, 15) is 23.3 Å². The normalized spacial score (nSPS) is 10.8. The molecule has 0 atom stereocenters. The third kappa shape index (κ3) is 5.77. The van der Waals surface area contributed by atoms with Crippen LogP contribution in [-0.4, -0.2) is 33.5 Å². The molecule has 0 aliphatic carbocycles. The number of nitrogens with zero attached hydrogens (tertiary/aromatic N) is 1. The predicted octanol–water partition coefficient (Wildman–Crippen LogP) is 3.59. The van der Waals surface area contributed by atoms with Crippen molar-refractivity contribution in [2.75, 3.05) is 24.3 Å². The van der Waals surface area contributed by atoms with Crippen LogP contribution in [0, 0.1) is 10.1 Å². The first-order chi connectivity index (χ1) is 15.7. The van der Waals surface area contributed by atoms with Crippen molar-refractivity contribution in [3.63, 3.8) is 0 Å². The molecule has 0 bridgehead atoms. The first-order valence-corrected chi connectivity index (χ1v) is 11.1. The zero-order valence-corrected chi connectivity index (χ0v) is 18.6. The summed E-state index contributed by atoms with van der Waals surface area (Å²) < 4.78 is 38.6. The molecule has 0 fully saturated rings. The van der Waals surface area contributed by atoms with E-state index in [2.05, 4.69) is 10.0 Å².